The number of carbonyl (C=O) groups is 1. The molecule has 4 heteroatoms. The van der Waals surface area contributed by atoms with Crippen LogP contribution in [-0.4, -0.2) is 13.1 Å². The lowest BCUT2D eigenvalue weighted by Gasteiger charge is -1.89. The zero-order chi connectivity index (χ0) is 9.26. The highest BCUT2D eigenvalue weighted by Crippen LogP contribution is 2.09. The van der Waals surface area contributed by atoms with Crippen molar-refractivity contribution in [2.45, 2.75) is 0 Å². The predicted molar refractivity (Wildman–Crippen MR) is 48.8 cm³/mol. The van der Waals surface area contributed by atoms with E-state index in [0.717, 1.165) is 4.83 Å². The second kappa shape index (κ2) is 3.14. The summed E-state index contributed by atoms with van der Waals surface area (Å²) >= 11 is 1.52. The summed E-state index contributed by atoms with van der Waals surface area (Å²) in [4.78, 5) is 12.3. The molecule has 0 saturated carbocycles. The third-order valence-electron chi connectivity index (χ3n) is 1.77. The van der Waals surface area contributed by atoms with E-state index in [2.05, 4.69) is 4.74 Å². The van der Waals surface area contributed by atoms with E-state index in [4.69, 9.17) is 0 Å². The average molecular weight is 194 g/mol. The van der Waals surface area contributed by atoms with Crippen LogP contribution in [0.3, 0.4) is 0 Å². The maximum absolute atomic E-state index is 11.3. The second-order valence-electron chi connectivity index (χ2n) is 2.52. The molecule has 2 aromatic heterocycles. The van der Waals surface area contributed by atoms with Crippen molar-refractivity contribution in [3.63, 3.8) is 0 Å². The quantitative estimate of drug-likeness (QED) is 0.505. The van der Waals surface area contributed by atoms with Crippen molar-refractivity contribution in [1.29, 1.82) is 0 Å². The fourth-order valence-corrected chi connectivity index (χ4v) is 2.02. The molecule has 0 spiro atoms. The number of nitrogens with zero attached hydrogens (tertiary/aromatic N) is 1. The lowest BCUT2D eigenvalue weighted by Crippen LogP contribution is -2.27. The van der Waals surface area contributed by atoms with Gasteiger partial charge < -0.3 is 4.74 Å². The molecule has 13 heavy (non-hydrogen) atoms. The normalized spacial score (nSPS) is 10.2. The Morgan fingerprint density at radius 2 is 2.38 bits per heavy atom. The molecule has 0 radical (unpaired) electrons. The molecular formula is C9H8NO2S+. The molecule has 0 amide bonds. The molecule has 0 unspecified atom stereocenters. The fourth-order valence-electron chi connectivity index (χ4n) is 1.15. The van der Waals surface area contributed by atoms with Gasteiger partial charge in [0.1, 0.15) is 0 Å². The number of carbonyl (C=O) groups excluding carboxylic acids is 1. The lowest BCUT2D eigenvalue weighted by molar-refractivity contribution is -0.511. The van der Waals surface area contributed by atoms with Crippen LogP contribution in [0.1, 0.15) is 10.5 Å². The maximum atomic E-state index is 11.3. The molecule has 0 N–H and O–H groups in total. The van der Waals surface area contributed by atoms with Gasteiger partial charge in [0.15, 0.2) is 6.20 Å². The lowest BCUT2D eigenvalue weighted by atomic mass is 10.4. The van der Waals surface area contributed by atoms with Crippen molar-refractivity contribution in [1.82, 2.24) is 0 Å². The summed E-state index contributed by atoms with van der Waals surface area (Å²) in [6.45, 7) is 0. The molecule has 0 aliphatic carbocycles. The molecule has 0 aliphatic rings. The second-order valence-corrected chi connectivity index (χ2v) is 3.41. The summed E-state index contributed by atoms with van der Waals surface area (Å²) in [6, 6.07) is 5.77. The first-order chi connectivity index (χ1) is 6.33. The minimum Gasteiger partial charge on any atom is -0.461 e. The summed E-state index contributed by atoms with van der Waals surface area (Å²) < 4.78 is 6.47. The van der Waals surface area contributed by atoms with Gasteiger partial charge in [0.05, 0.1) is 12.5 Å². The molecule has 0 aliphatic heterocycles. The number of rotatable bonds is 1. The monoisotopic (exact) mass is 194 g/mol. The molecule has 2 heterocycles. The molecule has 2 aromatic rings. The van der Waals surface area contributed by atoms with Gasteiger partial charge in [-0.3, -0.25) is 0 Å². The Balaban J connectivity index is 2.64. The van der Waals surface area contributed by atoms with Crippen LogP contribution in [0.5, 0.6) is 0 Å². The van der Waals surface area contributed by atoms with Crippen LogP contribution in [0.4, 0.5) is 0 Å². The van der Waals surface area contributed by atoms with E-state index in [-0.39, 0.29) is 5.97 Å². The number of pyridine rings is 1. The van der Waals surface area contributed by atoms with Crippen LogP contribution in [0, 0.1) is 0 Å². The first-order valence-corrected chi connectivity index (χ1v) is 4.67. The molecule has 2 rings (SSSR count). The Morgan fingerprint density at radius 1 is 1.54 bits per heavy atom. The van der Waals surface area contributed by atoms with Gasteiger partial charge in [-0.2, -0.15) is 0 Å². The number of methoxy groups -OCH3 is 1. The van der Waals surface area contributed by atoms with E-state index in [1.54, 1.807) is 5.38 Å². The van der Waals surface area contributed by atoms with E-state index < -0.39 is 0 Å². The van der Waals surface area contributed by atoms with Gasteiger partial charge in [-0.1, -0.05) is 11.3 Å². The molecular weight excluding hydrogens is 186 g/mol. The fraction of sp³-hybridized carbons (Fsp3) is 0.111. The van der Waals surface area contributed by atoms with Crippen molar-refractivity contribution in [2.75, 3.05) is 7.11 Å². The molecule has 0 atom stereocenters. The van der Waals surface area contributed by atoms with Gasteiger partial charge >= 0.3 is 11.7 Å². The topological polar surface area (TPSA) is 30.4 Å². The van der Waals surface area contributed by atoms with Crippen LogP contribution in [0.2, 0.25) is 0 Å². The summed E-state index contributed by atoms with van der Waals surface area (Å²) in [6.07, 6.45) is 1.85. The Morgan fingerprint density at radius 3 is 3.15 bits per heavy atom. The number of fused-ring (bicyclic) bond motifs is 1. The molecule has 0 fully saturated rings. The van der Waals surface area contributed by atoms with Crippen LogP contribution in [0.25, 0.3) is 4.83 Å². The molecule has 0 aromatic carbocycles. The van der Waals surface area contributed by atoms with Crippen LogP contribution < -0.4 is 4.40 Å². The first kappa shape index (κ1) is 8.19. The van der Waals surface area contributed by atoms with Crippen molar-refractivity contribution in [2.24, 2.45) is 0 Å². The van der Waals surface area contributed by atoms with Gasteiger partial charge in [0.25, 0.3) is 4.83 Å². The summed E-state index contributed by atoms with van der Waals surface area (Å²) in [5.74, 6) is -0.303. The standard InChI is InChI=1S/C9H8NO2S/c1-12-9(11)7-6-13-8-4-2-3-5-10(7)8/h2-6H,1H3/q+1. The average Bonchev–Trinajstić information content (AvgIpc) is 2.60. The third-order valence-corrected chi connectivity index (χ3v) is 2.68. The Kier molecular flexibility index (Phi) is 1.98. The molecule has 3 nitrogen and oxygen atoms in total. The van der Waals surface area contributed by atoms with Gasteiger partial charge in [-0.15, -0.1) is 4.40 Å². The van der Waals surface area contributed by atoms with E-state index in [1.807, 2.05) is 28.8 Å². The minimum absolute atomic E-state index is 0.303. The first-order valence-electron chi connectivity index (χ1n) is 3.79. The highest BCUT2D eigenvalue weighted by Gasteiger charge is 2.20. The zero-order valence-electron chi connectivity index (χ0n) is 7.06. The van der Waals surface area contributed by atoms with Crippen LogP contribution in [-0.2, 0) is 4.74 Å². The Hall–Kier alpha value is -1.42. The molecule has 0 saturated heterocycles. The number of ether oxygens (including phenoxy) is 1. The highest BCUT2D eigenvalue weighted by atomic mass is 32.1. The third kappa shape index (κ3) is 1.29. The predicted octanol–water partition coefficient (Wildman–Crippen LogP) is 1.27. The largest absolute Gasteiger partial charge is 0.461 e. The van der Waals surface area contributed by atoms with E-state index in [9.17, 15) is 4.79 Å². The van der Waals surface area contributed by atoms with Crippen molar-refractivity contribution < 1.29 is 13.9 Å². The van der Waals surface area contributed by atoms with Gasteiger partial charge in [0.2, 0.25) is 0 Å². The van der Waals surface area contributed by atoms with Crippen LogP contribution >= 0.6 is 11.3 Å². The van der Waals surface area contributed by atoms with E-state index >= 15 is 0 Å². The molecule has 0 bridgehead atoms. The number of aromatic nitrogens is 1. The SMILES string of the molecule is COC(=O)c1csc2cccc[n+]12. The van der Waals surface area contributed by atoms with Gasteiger partial charge in [-0.25, -0.2) is 4.79 Å². The zero-order valence-corrected chi connectivity index (χ0v) is 7.88. The maximum Gasteiger partial charge on any atom is 0.404 e. The van der Waals surface area contributed by atoms with Crippen molar-refractivity contribution in [3.8, 4) is 0 Å². The highest BCUT2D eigenvalue weighted by molar-refractivity contribution is 7.15. The Labute approximate surface area is 79.2 Å². The Bertz CT molecular complexity index is 450. The van der Waals surface area contributed by atoms with Gasteiger partial charge in [0, 0.05) is 12.1 Å². The number of hydrogen-bond donors (Lipinski definition) is 0. The number of thiazole rings is 1. The van der Waals surface area contributed by atoms with E-state index in [1.165, 1.54) is 18.4 Å². The van der Waals surface area contributed by atoms with E-state index in [0.29, 0.717) is 5.69 Å². The molecule has 66 valence electrons. The van der Waals surface area contributed by atoms with Gasteiger partial charge in [-0.05, 0) is 6.07 Å². The summed E-state index contributed by atoms with van der Waals surface area (Å²) in [5.41, 5.74) is 0.572. The minimum atomic E-state index is -0.303. The number of hydrogen-bond acceptors (Lipinski definition) is 3. The summed E-state index contributed by atoms with van der Waals surface area (Å²) in [5, 5.41) is 1.79. The summed E-state index contributed by atoms with van der Waals surface area (Å²) in [7, 11) is 1.38. The van der Waals surface area contributed by atoms with Crippen molar-refractivity contribution >= 4 is 22.1 Å². The van der Waals surface area contributed by atoms with Crippen LogP contribution in [0.15, 0.2) is 29.8 Å². The number of esters is 1. The smallest absolute Gasteiger partial charge is 0.404 e. The van der Waals surface area contributed by atoms with Crippen molar-refractivity contribution in [3.05, 3.63) is 35.5 Å².